The molecule has 27 heavy (non-hydrogen) atoms. The predicted octanol–water partition coefficient (Wildman–Crippen LogP) is 2.72. The van der Waals surface area contributed by atoms with Gasteiger partial charge in [0.05, 0.1) is 12.2 Å². The molecule has 1 aliphatic rings. The third kappa shape index (κ3) is 6.52. The predicted molar refractivity (Wildman–Crippen MR) is 114 cm³/mol. The van der Waals surface area contributed by atoms with Gasteiger partial charge in [0.1, 0.15) is 0 Å². The molecule has 0 unspecified atom stereocenters. The molecule has 0 bridgehead atoms. The number of aromatic nitrogens is 2. The van der Waals surface area contributed by atoms with E-state index in [0.29, 0.717) is 6.54 Å². The maximum Gasteiger partial charge on any atom is 0.191 e. The van der Waals surface area contributed by atoms with Crippen molar-refractivity contribution in [3.63, 3.8) is 0 Å². The van der Waals surface area contributed by atoms with Gasteiger partial charge in [-0.25, -0.2) is 4.99 Å². The summed E-state index contributed by atoms with van der Waals surface area (Å²) in [5.74, 6) is 1.82. The number of aryl methyl sites for hydroxylation is 2. The zero-order chi connectivity index (χ0) is 19.6. The van der Waals surface area contributed by atoms with E-state index in [4.69, 9.17) is 4.99 Å². The monoisotopic (exact) mass is 376 g/mol. The average molecular weight is 377 g/mol. The lowest BCUT2D eigenvalue weighted by molar-refractivity contribution is 0.191. The van der Waals surface area contributed by atoms with Gasteiger partial charge < -0.3 is 15.5 Å². The minimum Gasteiger partial charge on any atom is -0.357 e. The molecule has 6 heteroatoms. The molecule has 1 saturated heterocycles. The van der Waals surface area contributed by atoms with Crippen LogP contribution in [-0.4, -0.2) is 53.4 Å². The van der Waals surface area contributed by atoms with E-state index < -0.39 is 0 Å². The highest BCUT2D eigenvalue weighted by Gasteiger charge is 2.15. The summed E-state index contributed by atoms with van der Waals surface area (Å²) in [6.45, 7) is 15.1. The molecule has 6 nitrogen and oxygen atoms in total. The number of hydrogen-bond acceptors (Lipinski definition) is 3. The van der Waals surface area contributed by atoms with Crippen molar-refractivity contribution in [3.8, 4) is 0 Å². The second-order valence-corrected chi connectivity index (χ2v) is 7.70. The third-order valence-electron chi connectivity index (χ3n) is 5.59. The summed E-state index contributed by atoms with van der Waals surface area (Å²) in [4.78, 5) is 7.44. The van der Waals surface area contributed by atoms with E-state index in [1.165, 1.54) is 49.4 Å². The summed E-state index contributed by atoms with van der Waals surface area (Å²) in [5.41, 5.74) is 3.76. The molecule has 1 aromatic rings. The Bertz CT molecular complexity index is 584. The van der Waals surface area contributed by atoms with E-state index in [1.54, 1.807) is 0 Å². The highest BCUT2D eigenvalue weighted by molar-refractivity contribution is 5.79. The first-order valence-corrected chi connectivity index (χ1v) is 10.9. The van der Waals surface area contributed by atoms with Crippen LogP contribution in [0.2, 0.25) is 0 Å². The highest BCUT2D eigenvalue weighted by Crippen LogP contribution is 2.17. The Morgan fingerprint density at radius 3 is 2.52 bits per heavy atom. The molecule has 0 spiro atoms. The fourth-order valence-corrected chi connectivity index (χ4v) is 3.87. The second-order valence-electron chi connectivity index (χ2n) is 7.70. The lowest BCUT2D eigenvalue weighted by Crippen LogP contribution is -2.39. The third-order valence-corrected chi connectivity index (χ3v) is 5.59. The molecule has 154 valence electrons. The number of piperidine rings is 1. The maximum atomic E-state index is 4.84. The summed E-state index contributed by atoms with van der Waals surface area (Å²) in [6.07, 6.45) is 5.81. The first kappa shape index (κ1) is 21.7. The van der Waals surface area contributed by atoms with Crippen molar-refractivity contribution in [2.45, 2.75) is 66.3 Å². The minimum absolute atomic E-state index is 0.694. The Hall–Kier alpha value is -1.56. The maximum absolute atomic E-state index is 4.84. The second kappa shape index (κ2) is 11.3. The van der Waals surface area contributed by atoms with Crippen LogP contribution in [0.25, 0.3) is 0 Å². The minimum atomic E-state index is 0.694. The van der Waals surface area contributed by atoms with E-state index >= 15 is 0 Å². The Morgan fingerprint density at radius 1 is 1.15 bits per heavy atom. The standard InChI is InChI=1S/C21H40N6/c1-6-19-18(20(7-2)26(5)25-19)16-24-21(22-8-3)23-12-9-13-27-14-10-17(4)11-15-27/h17H,6-16H2,1-5H3,(H2,22,23,24). The van der Waals surface area contributed by atoms with E-state index in [9.17, 15) is 0 Å². The Labute approximate surface area is 165 Å². The SMILES string of the molecule is CCNC(=NCc1c(CC)nn(C)c1CC)NCCCN1CCC(C)CC1. The Balaban J connectivity index is 1.85. The highest BCUT2D eigenvalue weighted by atomic mass is 15.3. The summed E-state index contributed by atoms with van der Waals surface area (Å²) in [7, 11) is 2.04. The van der Waals surface area contributed by atoms with Gasteiger partial charge in [0.25, 0.3) is 0 Å². The van der Waals surface area contributed by atoms with Gasteiger partial charge in [0.15, 0.2) is 5.96 Å². The summed E-state index contributed by atoms with van der Waals surface area (Å²) >= 11 is 0. The average Bonchev–Trinajstić information content (AvgIpc) is 2.99. The molecule has 1 aromatic heterocycles. The normalized spacial score (nSPS) is 16.7. The van der Waals surface area contributed by atoms with Crippen molar-refractivity contribution in [2.24, 2.45) is 18.0 Å². The van der Waals surface area contributed by atoms with Crippen LogP contribution in [0.4, 0.5) is 0 Å². The van der Waals surface area contributed by atoms with Crippen molar-refractivity contribution in [3.05, 3.63) is 17.0 Å². The molecule has 0 aromatic carbocycles. The first-order chi connectivity index (χ1) is 13.1. The molecule has 0 radical (unpaired) electrons. The van der Waals surface area contributed by atoms with Crippen LogP contribution < -0.4 is 10.6 Å². The zero-order valence-corrected chi connectivity index (χ0v) is 18.1. The quantitative estimate of drug-likeness (QED) is 0.395. The first-order valence-electron chi connectivity index (χ1n) is 10.9. The lowest BCUT2D eigenvalue weighted by atomic mass is 9.99. The molecular weight excluding hydrogens is 336 g/mol. The van der Waals surface area contributed by atoms with Crippen LogP contribution in [0.5, 0.6) is 0 Å². The molecular formula is C21H40N6. The lowest BCUT2D eigenvalue weighted by Gasteiger charge is -2.30. The topological polar surface area (TPSA) is 57.5 Å². The number of hydrogen-bond donors (Lipinski definition) is 2. The number of aliphatic imine (C=N–C) groups is 1. The van der Waals surface area contributed by atoms with Crippen LogP contribution in [0.1, 0.15) is 63.9 Å². The van der Waals surface area contributed by atoms with E-state index in [1.807, 2.05) is 11.7 Å². The van der Waals surface area contributed by atoms with Gasteiger partial charge in [-0.3, -0.25) is 4.68 Å². The van der Waals surface area contributed by atoms with Crippen LogP contribution in [-0.2, 0) is 26.4 Å². The van der Waals surface area contributed by atoms with Gasteiger partial charge in [-0.2, -0.15) is 5.10 Å². The number of likely N-dealkylation sites (tertiary alicyclic amines) is 1. The number of guanidine groups is 1. The van der Waals surface area contributed by atoms with Crippen molar-refractivity contribution >= 4 is 5.96 Å². The molecule has 1 fully saturated rings. The fourth-order valence-electron chi connectivity index (χ4n) is 3.87. The molecule has 0 amide bonds. The van der Waals surface area contributed by atoms with Crippen LogP contribution in [0, 0.1) is 5.92 Å². The van der Waals surface area contributed by atoms with Crippen LogP contribution in [0.15, 0.2) is 4.99 Å². The van der Waals surface area contributed by atoms with Gasteiger partial charge in [-0.05, 0) is 64.6 Å². The number of nitrogens with zero attached hydrogens (tertiary/aromatic N) is 4. The molecule has 0 atom stereocenters. The van der Waals surface area contributed by atoms with Crippen molar-refractivity contribution in [2.75, 3.05) is 32.7 Å². The smallest absolute Gasteiger partial charge is 0.191 e. The van der Waals surface area contributed by atoms with Gasteiger partial charge in [0.2, 0.25) is 0 Å². The zero-order valence-electron chi connectivity index (χ0n) is 18.1. The van der Waals surface area contributed by atoms with Crippen molar-refractivity contribution in [1.82, 2.24) is 25.3 Å². The summed E-state index contributed by atoms with van der Waals surface area (Å²) < 4.78 is 2.02. The fraction of sp³-hybridized carbons (Fsp3) is 0.810. The van der Waals surface area contributed by atoms with Gasteiger partial charge in [-0.1, -0.05) is 20.8 Å². The summed E-state index contributed by atoms with van der Waals surface area (Å²) in [5, 5.41) is 11.5. The number of rotatable bonds is 9. The number of nitrogens with one attached hydrogen (secondary N) is 2. The van der Waals surface area contributed by atoms with E-state index in [2.05, 4.69) is 48.3 Å². The van der Waals surface area contributed by atoms with Gasteiger partial charge in [0, 0.05) is 31.4 Å². The molecule has 1 aliphatic heterocycles. The van der Waals surface area contributed by atoms with Gasteiger partial charge in [-0.15, -0.1) is 0 Å². The van der Waals surface area contributed by atoms with Crippen molar-refractivity contribution < 1.29 is 0 Å². The van der Waals surface area contributed by atoms with Crippen LogP contribution >= 0.6 is 0 Å². The Morgan fingerprint density at radius 2 is 1.89 bits per heavy atom. The van der Waals surface area contributed by atoms with Crippen LogP contribution in [0.3, 0.4) is 0 Å². The molecule has 2 rings (SSSR count). The summed E-state index contributed by atoms with van der Waals surface area (Å²) in [6, 6.07) is 0. The largest absolute Gasteiger partial charge is 0.357 e. The van der Waals surface area contributed by atoms with Gasteiger partial charge >= 0.3 is 0 Å². The Kier molecular flexibility index (Phi) is 9.11. The van der Waals surface area contributed by atoms with E-state index in [0.717, 1.165) is 44.2 Å². The molecule has 0 saturated carbocycles. The van der Waals surface area contributed by atoms with E-state index in [-0.39, 0.29) is 0 Å². The molecule has 2 heterocycles. The van der Waals surface area contributed by atoms with Crippen molar-refractivity contribution in [1.29, 1.82) is 0 Å². The molecule has 2 N–H and O–H groups in total. The molecule has 0 aliphatic carbocycles.